The number of nitriles is 1. The van der Waals surface area contributed by atoms with Gasteiger partial charge in [-0.3, -0.25) is 4.79 Å². The van der Waals surface area contributed by atoms with E-state index in [0.29, 0.717) is 20.6 Å². The van der Waals surface area contributed by atoms with Gasteiger partial charge in [-0.15, -0.1) is 21.5 Å². The Morgan fingerprint density at radius 2 is 1.97 bits per heavy atom. The van der Waals surface area contributed by atoms with Gasteiger partial charge >= 0.3 is 0 Å². The number of thiophene rings is 1. The Bertz CT molecular complexity index is 1070. The molecule has 0 saturated heterocycles. The second-order valence-corrected chi connectivity index (χ2v) is 9.16. The number of rotatable bonds is 5. The SMILES string of the molecule is N#Cc1c(NC(=O)CSc2ccc(-c3ccc(Cl)cc3)nn2)sc2c1CCCC2. The Kier molecular flexibility index (Phi) is 6.14. The molecule has 0 spiro atoms. The van der Waals surface area contributed by atoms with Gasteiger partial charge in [0.25, 0.3) is 0 Å². The summed E-state index contributed by atoms with van der Waals surface area (Å²) in [6, 6.07) is 13.4. The van der Waals surface area contributed by atoms with Gasteiger partial charge in [0.15, 0.2) is 0 Å². The van der Waals surface area contributed by atoms with Crippen LogP contribution in [-0.4, -0.2) is 21.9 Å². The van der Waals surface area contributed by atoms with E-state index in [1.54, 1.807) is 0 Å². The first kappa shape index (κ1) is 19.9. The fourth-order valence-corrected chi connectivity index (χ4v) is 5.24. The van der Waals surface area contributed by atoms with Gasteiger partial charge in [0.2, 0.25) is 5.91 Å². The van der Waals surface area contributed by atoms with E-state index in [4.69, 9.17) is 11.6 Å². The van der Waals surface area contributed by atoms with E-state index in [2.05, 4.69) is 21.6 Å². The van der Waals surface area contributed by atoms with E-state index in [1.807, 2.05) is 36.4 Å². The van der Waals surface area contributed by atoms with Crippen molar-refractivity contribution in [2.45, 2.75) is 30.7 Å². The van der Waals surface area contributed by atoms with Gasteiger partial charge in [0.1, 0.15) is 16.1 Å². The summed E-state index contributed by atoms with van der Waals surface area (Å²) in [7, 11) is 0. The van der Waals surface area contributed by atoms with E-state index >= 15 is 0 Å². The molecular weight excluding hydrogens is 424 g/mol. The maximum atomic E-state index is 12.4. The van der Waals surface area contributed by atoms with E-state index in [-0.39, 0.29) is 11.7 Å². The summed E-state index contributed by atoms with van der Waals surface area (Å²) in [6.45, 7) is 0. The number of fused-ring (bicyclic) bond motifs is 1. The molecule has 2 aromatic heterocycles. The van der Waals surface area contributed by atoms with Gasteiger partial charge in [-0.05, 0) is 55.5 Å². The van der Waals surface area contributed by atoms with Crippen LogP contribution in [0.25, 0.3) is 11.3 Å². The number of anilines is 1. The van der Waals surface area contributed by atoms with Crippen LogP contribution in [0.2, 0.25) is 5.02 Å². The van der Waals surface area contributed by atoms with Crippen molar-refractivity contribution in [2.75, 3.05) is 11.1 Å². The highest BCUT2D eigenvalue weighted by Gasteiger charge is 2.21. The molecule has 0 radical (unpaired) electrons. The molecule has 1 aliphatic rings. The molecule has 3 aromatic rings. The molecule has 5 nitrogen and oxygen atoms in total. The number of halogens is 1. The van der Waals surface area contributed by atoms with E-state index in [9.17, 15) is 10.1 Å². The molecule has 146 valence electrons. The van der Waals surface area contributed by atoms with Crippen molar-refractivity contribution >= 4 is 45.6 Å². The predicted molar refractivity (Wildman–Crippen MR) is 118 cm³/mol. The Morgan fingerprint density at radius 1 is 1.17 bits per heavy atom. The molecular formula is C21H17ClN4OS2. The molecule has 29 heavy (non-hydrogen) atoms. The zero-order valence-electron chi connectivity index (χ0n) is 15.4. The minimum absolute atomic E-state index is 0.145. The summed E-state index contributed by atoms with van der Waals surface area (Å²) in [5.74, 6) is 0.0660. The normalized spacial score (nSPS) is 12.8. The topological polar surface area (TPSA) is 78.7 Å². The second kappa shape index (κ2) is 8.95. The highest BCUT2D eigenvalue weighted by molar-refractivity contribution is 7.99. The van der Waals surface area contributed by atoms with E-state index in [0.717, 1.165) is 42.5 Å². The van der Waals surface area contributed by atoms with Gasteiger partial charge < -0.3 is 5.32 Å². The molecule has 1 amide bonds. The van der Waals surface area contributed by atoms with Crippen LogP contribution in [0.3, 0.4) is 0 Å². The molecule has 1 aromatic carbocycles. The molecule has 1 aliphatic carbocycles. The van der Waals surface area contributed by atoms with Crippen molar-refractivity contribution in [2.24, 2.45) is 0 Å². The third-order valence-electron chi connectivity index (χ3n) is 4.67. The van der Waals surface area contributed by atoms with Gasteiger partial charge in [-0.1, -0.05) is 35.5 Å². The monoisotopic (exact) mass is 440 g/mol. The number of carbonyl (C=O) groups excluding carboxylic acids is 1. The Labute approximate surface area is 182 Å². The minimum atomic E-state index is -0.145. The predicted octanol–water partition coefficient (Wildman–Crippen LogP) is 5.34. The van der Waals surface area contributed by atoms with E-state index in [1.165, 1.54) is 28.0 Å². The first-order chi connectivity index (χ1) is 14.1. The molecule has 0 fully saturated rings. The maximum Gasteiger partial charge on any atom is 0.235 e. The number of hydrogen-bond acceptors (Lipinski definition) is 6. The number of benzene rings is 1. The molecule has 0 aliphatic heterocycles. The van der Waals surface area contributed by atoms with Crippen LogP contribution in [0.1, 0.15) is 28.8 Å². The molecule has 2 heterocycles. The lowest BCUT2D eigenvalue weighted by Gasteiger charge is -2.09. The molecule has 0 saturated carbocycles. The van der Waals surface area contributed by atoms with Gasteiger partial charge in [0, 0.05) is 15.5 Å². The summed E-state index contributed by atoms with van der Waals surface area (Å²) in [5.41, 5.74) is 3.44. The largest absolute Gasteiger partial charge is 0.316 e. The van der Waals surface area contributed by atoms with Gasteiger partial charge in [0.05, 0.1) is 17.0 Å². The third kappa shape index (κ3) is 4.61. The second-order valence-electron chi connectivity index (χ2n) is 6.63. The number of nitrogens with one attached hydrogen (secondary N) is 1. The Morgan fingerprint density at radius 3 is 2.69 bits per heavy atom. The number of nitrogens with zero attached hydrogens (tertiary/aromatic N) is 3. The Hall–Kier alpha value is -2.40. The van der Waals surface area contributed by atoms with Crippen molar-refractivity contribution < 1.29 is 4.79 Å². The number of carbonyl (C=O) groups is 1. The molecule has 0 unspecified atom stereocenters. The maximum absolute atomic E-state index is 12.4. The molecule has 8 heteroatoms. The Balaban J connectivity index is 1.37. The van der Waals surface area contributed by atoms with Crippen molar-refractivity contribution in [1.82, 2.24) is 10.2 Å². The van der Waals surface area contributed by atoms with Crippen LogP contribution in [0.15, 0.2) is 41.4 Å². The number of hydrogen-bond donors (Lipinski definition) is 1. The van der Waals surface area contributed by atoms with Crippen LogP contribution >= 0.6 is 34.7 Å². The summed E-state index contributed by atoms with van der Waals surface area (Å²) < 4.78 is 0. The molecule has 1 N–H and O–H groups in total. The highest BCUT2D eigenvalue weighted by atomic mass is 35.5. The number of aromatic nitrogens is 2. The van der Waals surface area contributed by atoms with Gasteiger partial charge in [-0.25, -0.2) is 0 Å². The summed E-state index contributed by atoms with van der Waals surface area (Å²) in [5, 5.41) is 22.8. The van der Waals surface area contributed by atoms with Gasteiger partial charge in [-0.2, -0.15) is 5.26 Å². The van der Waals surface area contributed by atoms with Crippen molar-refractivity contribution in [3.63, 3.8) is 0 Å². The summed E-state index contributed by atoms with van der Waals surface area (Å²) >= 11 is 8.76. The van der Waals surface area contributed by atoms with Crippen LogP contribution in [0, 0.1) is 11.3 Å². The van der Waals surface area contributed by atoms with Crippen LogP contribution in [0.4, 0.5) is 5.00 Å². The lowest BCUT2D eigenvalue weighted by atomic mass is 9.96. The minimum Gasteiger partial charge on any atom is -0.316 e. The smallest absolute Gasteiger partial charge is 0.235 e. The quantitative estimate of drug-likeness (QED) is 0.541. The van der Waals surface area contributed by atoms with Crippen molar-refractivity contribution in [1.29, 1.82) is 5.26 Å². The fraction of sp³-hybridized carbons (Fsp3) is 0.238. The number of amides is 1. The molecule has 0 bridgehead atoms. The van der Waals surface area contributed by atoms with E-state index < -0.39 is 0 Å². The summed E-state index contributed by atoms with van der Waals surface area (Å²) in [4.78, 5) is 13.6. The zero-order valence-corrected chi connectivity index (χ0v) is 17.8. The third-order valence-corrected chi connectivity index (χ3v) is 7.05. The summed E-state index contributed by atoms with van der Waals surface area (Å²) in [6.07, 6.45) is 4.17. The fourth-order valence-electron chi connectivity index (χ4n) is 3.25. The first-order valence-corrected chi connectivity index (χ1v) is 11.4. The van der Waals surface area contributed by atoms with Crippen molar-refractivity contribution in [3.05, 3.63) is 57.4 Å². The zero-order chi connectivity index (χ0) is 20.2. The van der Waals surface area contributed by atoms with Crippen molar-refractivity contribution in [3.8, 4) is 17.3 Å². The first-order valence-electron chi connectivity index (χ1n) is 9.21. The lowest BCUT2D eigenvalue weighted by molar-refractivity contribution is -0.113. The lowest BCUT2D eigenvalue weighted by Crippen LogP contribution is -2.14. The van der Waals surface area contributed by atoms with Crippen LogP contribution in [0.5, 0.6) is 0 Å². The van der Waals surface area contributed by atoms with Crippen LogP contribution < -0.4 is 5.32 Å². The molecule has 4 rings (SSSR count). The number of thioether (sulfide) groups is 1. The number of aryl methyl sites for hydroxylation is 1. The average Bonchev–Trinajstić information content (AvgIpc) is 3.10. The highest BCUT2D eigenvalue weighted by Crippen LogP contribution is 2.37. The molecule has 0 atom stereocenters. The standard InChI is InChI=1S/C21H17ClN4OS2/c22-14-7-5-13(6-8-14)17-9-10-20(26-25-17)28-12-19(27)24-21-16(11-23)15-3-1-2-4-18(15)29-21/h5-10H,1-4,12H2,(H,24,27). The van der Waals surface area contributed by atoms with Crippen LogP contribution in [-0.2, 0) is 17.6 Å². The average molecular weight is 441 g/mol.